The van der Waals surface area contributed by atoms with Gasteiger partial charge in [0.05, 0.1) is 13.2 Å². The summed E-state index contributed by atoms with van der Waals surface area (Å²) in [5.74, 6) is 0.356. The number of hydrogen-bond acceptors (Lipinski definition) is 6. The second kappa shape index (κ2) is 13.3. The van der Waals surface area contributed by atoms with Crippen molar-refractivity contribution < 1.29 is 28.6 Å². The molecular weight excluding hydrogens is 428 g/mol. The van der Waals surface area contributed by atoms with E-state index in [9.17, 15) is 14.4 Å². The molecule has 1 aromatic rings. The molecule has 0 spiro atoms. The highest BCUT2D eigenvalue weighted by Gasteiger charge is 2.26. The molecule has 33 heavy (non-hydrogen) atoms. The Morgan fingerprint density at radius 3 is 2.06 bits per heavy atom. The summed E-state index contributed by atoms with van der Waals surface area (Å²) in [7, 11) is 0. The van der Waals surface area contributed by atoms with Crippen LogP contribution < -0.4 is 5.32 Å². The smallest absolute Gasteiger partial charge is 0.436 e. The van der Waals surface area contributed by atoms with Gasteiger partial charge in [-0.25, -0.2) is 14.4 Å². The molecule has 3 amide bonds. The Balaban J connectivity index is 1.94. The standard InChI is InChI=1S/C23H34N4O6/c1-17(2)14-31-21(28)24-20(25-22(29)32-15-18(3)4)26-10-12-27(13-11-26)23(30)33-16-19-8-6-5-7-9-19/h5-9,17-18H,10-16H2,1-4H3,(H,24,25,28,29). The van der Waals surface area contributed by atoms with Gasteiger partial charge in [0.25, 0.3) is 0 Å². The summed E-state index contributed by atoms with van der Waals surface area (Å²) in [5.41, 5.74) is 0.905. The molecule has 1 heterocycles. The number of aliphatic imine (C=N–C) groups is 1. The van der Waals surface area contributed by atoms with Gasteiger partial charge in [0, 0.05) is 26.2 Å². The normalized spacial score (nSPS) is 14.3. The first-order chi connectivity index (χ1) is 15.7. The van der Waals surface area contributed by atoms with Gasteiger partial charge in [-0.15, -0.1) is 4.99 Å². The highest BCUT2D eigenvalue weighted by Crippen LogP contribution is 2.08. The van der Waals surface area contributed by atoms with Crippen LogP contribution in [0.2, 0.25) is 0 Å². The molecule has 10 heteroatoms. The lowest BCUT2D eigenvalue weighted by Crippen LogP contribution is -2.55. The lowest BCUT2D eigenvalue weighted by Gasteiger charge is -2.35. The van der Waals surface area contributed by atoms with Crippen LogP contribution in [0.5, 0.6) is 0 Å². The number of alkyl carbamates (subject to hydrolysis) is 1. The molecule has 1 aliphatic rings. The van der Waals surface area contributed by atoms with Crippen LogP contribution >= 0.6 is 0 Å². The molecule has 0 unspecified atom stereocenters. The molecule has 1 aliphatic heterocycles. The molecule has 1 saturated heterocycles. The average molecular weight is 463 g/mol. The Morgan fingerprint density at radius 1 is 0.879 bits per heavy atom. The van der Waals surface area contributed by atoms with Gasteiger partial charge in [0.2, 0.25) is 5.96 Å². The summed E-state index contributed by atoms with van der Waals surface area (Å²) in [6.45, 7) is 9.69. The van der Waals surface area contributed by atoms with E-state index in [2.05, 4.69) is 10.3 Å². The third-order valence-corrected chi connectivity index (χ3v) is 4.54. The van der Waals surface area contributed by atoms with Gasteiger partial charge in [-0.3, -0.25) is 5.32 Å². The molecular formula is C23H34N4O6. The number of hydrogen-bond donors (Lipinski definition) is 1. The Labute approximate surface area is 194 Å². The van der Waals surface area contributed by atoms with Crippen molar-refractivity contribution in [1.29, 1.82) is 0 Å². The molecule has 182 valence electrons. The Bertz CT molecular complexity index is 804. The second-order valence-electron chi connectivity index (χ2n) is 8.54. The minimum absolute atomic E-state index is 0.0369. The number of ether oxygens (including phenoxy) is 3. The highest BCUT2D eigenvalue weighted by atomic mass is 16.6. The molecule has 0 radical (unpaired) electrons. The molecule has 1 aromatic carbocycles. The summed E-state index contributed by atoms with van der Waals surface area (Å²) >= 11 is 0. The molecule has 0 aliphatic carbocycles. The SMILES string of the molecule is CC(C)COC(=O)N=C(NC(=O)OCC(C)C)N1CCN(C(=O)OCc2ccccc2)CC1. The summed E-state index contributed by atoms with van der Waals surface area (Å²) in [6, 6.07) is 9.43. The van der Waals surface area contributed by atoms with Crippen LogP contribution in [-0.2, 0) is 20.8 Å². The maximum absolute atomic E-state index is 12.4. The van der Waals surface area contributed by atoms with E-state index in [-0.39, 0.29) is 37.6 Å². The van der Waals surface area contributed by atoms with Crippen molar-refractivity contribution in [1.82, 2.24) is 15.1 Å². The van der Waals surface area contributed by atoms with E-state index in [1.54, 1.807) is 9.80 Å². The zero-order chi connectivity index (χ0) is 24.2. The van der Waals surface area contributed by atoms with Crippen molar-refractivity contribution in [2.24, 2.45) is 16.8 Å². The molecule has 0 atom stereocenters. The topological polar surface area (TPSA) is 110 Å². The lowest BCUT2D eigenvalue weighted by molar-refractivity contribution is 0.0815. The first-order valence-electron chi connectivity index (χ1n) is 11.1. The van der Waals surface area contributed by atoms with Crippen LogP contribution in [0.15, 0.2) is 35.3 Å². The molecule has 0 saturated carbocycles. The van der Waals surface area contributed by atoms with Crippen LogP contribution in [0, 0.1) is 11.8 Å². The van der Waals surface area contributed by atoms with Crippen molar-refractivity contribution >= 4 is 24.2 Å². The first-order valence-corrected chi connectivity index (χ1v) is 11.1. The number of rotatable bonds is 6. The van der Waals surface area contributed by atoms with Crippen LogP contribution in [0.1, 0.15) is 33.3 Å². The van der Waals surface area contributed by atoms with Crippen molar-refractivity contribution in [3.8, 4) is 0 Å². The molecule has 0 bridgehead atoms. The minimum Gasteiger partial charge on any atom is -0.449 e. The number of piperazine rings is 1. The Kier molecular flexibility index (Phi) is 10.5. The predicted molar refractivity (Wildman–Crippen MR) is 123 cm³/mol. The summed E-state index contributed by atoms with van der Waals surface area (Å²) < 4.78 is 15.6. The highest BCUT2D eigenvalue weighted by molar-refractivity contribution is 5.98. The van der Waals surface area contributed by atoms with Gasteiger partial charge in [0.1, 0.15) is 6.61 Å². The van der Waals surface area contributed by atoms with E-state index >= 15 is 0 Å². The van der Waals surface area contributed by atoms with Gasteiger partial charge in [0.15, 0.2) is 0 Å². The number of nitrogens with one attached hydrogen (secondary N) is 1. The fourth-order valence-corrected chi connectivity index (χ4v) is 2.82. The number of carbonyl (C=O) groups is 3. The van der Waals surface area contributed by atoms with E-state index in [0.717, 1.165) is 5.56 Å². The first kappa shape index (κ1) is 26.0. The zero-order valence-corrected chi connectivity index (χ0v) is 19.8. The predicted octanol–water partition coefficient (Wildman–Crippen LogP) is 3.47. The third-order valence-electron chi connectivity index (χ3n) is 4.54. The molecule has 1 N–H and O–H groups in total. The Hall–Kier alpha value is -3.30. The van der Waals surface area contributed by atoms with Crippen molar-refractivity contribution in [2.75, 3.05) is 39.4 Å². The summed E-state index contributed by atoms with van der Waals surface area (Å²) in [5, 5.41) is 2.53. The van der Waals surface area contributed by atoms with E-state index in [1.165, 1.54) is 0 Å². The second-order valence-corrected chi connectivity index (χ2v) is 8.54. The number of benzene rings is 1. The zero-order valence-electron chi connectivity index (χ0n) is 19.8. The van der Waals surface area contributed by atoms with Gasteiger partial charge in [-0.05, 0) is 17.4 Å². The fourth-order valence-electron chi connectivity index (χ4n) is 2.82. The van der Waals surface area contributed by atoms with E-state index < -0.39 is 18.3 Å². The quantitative estimate of drug-likeness (QED) is 0.392. The van der Waals surface area contributed by atoms with Gasteiger partial charge in [-0.1, -0.05) is 58.0 Å². The number of guanidine groups is 1. The molecule has 0 aromatic heterocycles. The Morgan fingerprint density at radius 2 is 1.45 bits per heavy atom. The minimum atomic E-state index is -0.799. The fraction of sp³-hybridized carbons (Fsp3) is 0.565. The van der Waals surface area contributed by atoms with Crippen LogP contribution in [0.4, 0.5) is 14.4 Å². The summed E-state index contributed by atoms with van der Waals surface area (Å²) in [4.78, 5) is 43.9. The third kappa shape index (κ3) is 9.80. The molecule has 2 rings (SSSR count). The molecule has 10 nitrogen and oxygen atoms in total. The van der Waals surface area contributed by atoms with Crippen LogP contribution in [0.25, 0.3) is 0 Å². The number of carbonyl (C=O) groups excluding carboxylic acids is 3. The monoisotopic (exact) mass is 462 g/mol. The largest absolute Gasteiger partial charge is 0.449 e. The maximum atomic E-state index is 12.4. The van der Waals surface area contributed by atoms with E-state index in [1.807, 2.05) is 58.0 Å². The number of nitrogens with zero attached hydrogens (tertiary/aromatic N) is 3. The van der Waals surface area contributed by atoms with E-state index in [0.29, 0.717) is 26.2 Å². The van der Waals surface area contributed by atoms with Crippen LogP contribution in [0.3, 0.4) is 0 Å². The van der Waals surface area contributed by atoms with Crippen molar-refractivity contribution in [3.63, 3.8) is 0 Å². The van der Waals surface area contributed by atoms with Gasteiger partial charge in [-0.2, -0.15) is 0 Å². The summed E-state index contributed by atoms with van der Waals surface area (Å²) in [6.07, 6.45) is -1.92. The van der Waals surface area contributed by atoms with E-state index in [4.69, 9.17) is 14.2 Å². The van der Waals surface area contributed by atoms with Gasteiger partial charge < -0.3 is 24.0 Å². The van der Waals surface area contributed by atoms with Crippen molar-refractivity contribution in [2.45, 2.75) is 34.3 Å². The van der Waals surface area contributed by atoms with Crippen molar-refractivity contribution in [3.05, 3.63) is 35.9 Å². The average Bonchev–Trinajstić information content (AvgIpc) is 2.80. The lowest BCUT2D eigenvalue weighted by atomic mass is 10.2. The number of amides is 3. The van der Waals surface area contributed by atoms with Crippen LogP contribution in [-0.4, -0.2) is 73.4 Å². The molecule has 1 fully saturated rings. The maximum Gasteiger partial charge on any atom is 0.436 e. The van der Waals surface area contributed by atoms with Gasteiger partial charge >= 0.3 is 18.3 Å².